The first-order valence-electron chi connectivity index (χ1n) is 5.95. The van der Waals surface area contributed by atoms with Crippen LogP contribution < -0.4 is 4.90 Å². The van der Waals surface area contributed by atoms with Crippen LogP contribution in [0.2, 0.25) is 0 Å². The Morgan fingerprint density at radius 2 is 2.06 bits per heavy atom. The molecule has 1 aliphatic heterocycles. The molecule has 0 fully saturated rings. The maximum absolute atomic E-state index is 10.8. The van der Waals surface area contributed by atoms with Crippen LogP contribution in [0.3, 0.4) is 0 Å². The van der Waals surface area contributed by atoms with Gasteiger partial charge in [-0.2, -0.15) is 0 Å². The van der Waals surface area contributed by atoms with E-state index < -0.39 is 0 Å². The van der Waals surface area contributed by atoms with Gasteiger partial charge < -0.3 is 4.90 Å². The van der Waals surface area contributed by atoms with Crippen molar-refractivity contribution in [1.82, 2.24) is 0 Å². The Morgan fingerprint density at radius 3 is 2.56 bits per heavy atom. The predicted molar refractivity (Wildman–Crippen MR) is 84.0 cm³/mol. The second kappa shape index (κ2) is 5.03. The lowest BCUT2D eigenvalue weighted by Crippen LogP contribution is -2.38. The van der Waals surface area contributed by atoms with Gasteiger partial charge in [-0.25, -0.2) is 0 Å². The molecular formula is C13H19IN2O2. The fourth-order valence-corrected chi connectivity index (χ4v) is 2.67. The Labute approximate surface area is 125 Å². The number of halogens is 1. The summed E-state index contributed by atoms with van der Waals surface area (Å²) in [5, 5.41) is 10.8. The summed E-state index contributed by atoms with van der Waals surface area (Å²) >= 11 is 0. The zero-order valence-corrected chi connectivity index (χ0v) is 13.5. The van der Waals surface area contributed by atoms with Crippen LogP contribution in [0.15, 0.2) is 18.2 Å². The van der Waals surface area contributed by atoms with Crippen molar-refractivity contribution in [3.8, 4) is 0 Å². The smallest absolute Gasteiger partial charge is 0.269 e. The largest absolute Gasteiger partial charge is 0.368 e. The molecule has 18 heavy (non-hydrogen) atoms. The zero-order valence-electron chi connectivity index (χ0n) is 11.1. The molecule has 0 spiro atoms. The van der Waals surface area contributed by atoms with Crippen molar-refractivity contribution in [2.75, 3.05) is 11.4 Å². The number of nitro benzene ring substituents is 1. The maximum atomic E-state index is 10.8. The number of anilines is 1. The van der Waals surface area contributed by atoms with Crippen LogP contribution in [0.5, 0.6) is 0 Å². The van der Waals surface area contributed by atoms with Gasteiger partial charge in [-0.05, 0) is 25.5 Å². The summed E-state index contributed by atoms with van der Waals surface area (Å²) in [6.07, 6.45) is 0. The van der Waals surface area contributed by atoms with Crippen molar-refractivity contribution in [3.05, 3.63) is 33.9 Å². The lowest BCUT2D eigenvalue weighted by atomic mass is 9.81. The van der Waals surface area contributed by atoms with E-state index in [1.54, 1.807) is 12.1 Å². The van der Waals surface area contributed by atoms with Gasteiger partial charge in [0.05, 0.1) is 4.92 Å². The molecule has 1 aliphatic rings. The summed E-state index contributed by atoms with van der Waals surface area (Å²) in [4.78, 5) is 12.8. The molecule has 0 aliphatic carbocycles. The van der Waals surface area contributed by atoms with E-state index in [2.05, 4.69) is 32.6 Å². The minimum atomic E-state index is -0.324. The summed E-state index contributed by atoms with van der Waals surface area (Å²) < 4.78 is 0. The Morgan fingerprint density at radius 1 is 1.44 bits per heavy atom. The van der Waals surface area contributed by atoms with Gasteiger partial charge in [0.25, 0.3) is 5.69 Å². The van der Waals surface area contributed by atoms with E-state index in [9.17, 15) is 10.1 Å². The lowest BCUT2D eigenvalue weighted by molar-refractivity contribution is -0.384. The number of nitro groups is 1. The molecule has 1 unspecified atom stereocenters. The van der Waals surface area contributed by atoms with Gasteiger partial charge in [-0.3, -0.25) is 10.1 Å². The van der Waals surface area contributed by atoms with Gasteiger partial charge in [0.15, 0.2) is 0 Å². The molecular weight excluding hydrogens is 343 g/mol. The minimum Gasteiger partial charge on any atom is -0.368 e. The minimum absolute atomic E-state index is 0. The highest BCUT2D eigenvalue weighted by Crippen LogP contribution is 2.45. The summed E-state index contributed by atoms with van der Waals surface area (Å²) in [5.41, 5.74) is 2.36. The molecule has 0 N–H and O–H groups in total. The molecule has 0 saturated heterocycles. The van der Waals surface area contributed by atoms with Gasteiger partial charge in [0, 0.05) is 35.8 Å². The summed E-state index contributed by atoms with van der Waals surface area (Å²) in [6.45, 7) is 9.51. The highest BCUT2D eigenvalue weighted by molar-refractivity contribution is 14.0. The summed E-state index contributed by atoms with van der Waals surface area (Å²) in [6, 6.07) is 5.56. The maximum Gasteiger partial charge on any atom is 0.269 e. The van der Waals surface area contributed by atoms with E-state index in [-0.39, 0.29) is 40.0 Å². The fourth-order valence-electron chi connectivity index (χ4n) is 2.67. The lowest BCUT2D eigenvalue weighted by Gasteiger charge is -2.30. The number of fused-ring (bicyclic) bond motifs is 1. The van der Waals surface area contributed by atoms with Gasteiger partial charge in [0.2, 0.25) is 0 Å². The molecule has 100 valence electrons. The Balaban J connectivity index is 0.00000162. The molecule has 1 aromatic rings. The average molecular weight is 362 g/mol. The van der Waals surface area contributed by atoms with Crippen molar-refractivity contribution >= 4 is 35.4 Å². The van der Waals surface area contributed by atoms with Crippen molar-refractivity contribution < 1.29 is 4.92 Å². The Bertz CT molecular complexity index is 474. The summed E-state index contributed by atoms with van der Waals surface area (Å²) in [5.74, 6) is 0. The van der Waals surface area contributed by atoms with Crippen molar-refractivity contribution in [2.45, 2.75) is 39.2 Å². The number of hydrogen-bond acceptors (Lipinski definition) is 3. The van der Waals surface area contributed by atoms with Gasteiger partial charge in [-0.1, -0.05) is 13.8 Å². The number of nitrogens with zero attached hydrogens (tertiary/aromatic N) is 2. The van der Waals surface area contributed by atoms with Crippen LogP contribution >= 0.6 is 24.0 Å². The first-order chi connectivity index (χ1) is 7.89. The van der Waals surface area contributed by atoms with E-state index in [4.69, 9.17) is 0 Å². The molecule has 0 radical (unpaired) electrons. The number of benzene rings is 1. The second-order valence-corrected chi connectivity index (χ2v) is 5.14. The third-order valence-corrected chi connectivity index (χ3v) is 4.05. The molecule has 0 amide bonds. The first kappa shape index (κ1) is 15.2. The van der Waals surface area contributed by atoms with Crippen molar-refractivity contribution in [1.29, 1.82) is 0 Å². The molecule has 0 saturated carbocycles. The quantitative estimate of drug-likeness (QED) is 0.458. The van der Waals surface area contributed by atoms with Crippen LogP contribution in [0.1, 0.15) is 33.3 Å². The van der Waals surface area contributed by atoms with E-state index >= 15 is 0 Å². The normalized spacial score (nSPS) is 20.2. The molecule has 5 heteroatoms. The van der Waals surface area contributed by atoms with E-state index in [1.165, 1.54) is 0 Å². The van der Waals surface area contributed by atoms with E-state index in [1.807, 2.05) is 6.07 Å². The van der Waals surface area contributed by atoms with Gasteiger partial charge in [-0.15, -0.1) is 24.0 Å². The monoisotopic (exact) mass is 362 g/mol. The summed E-state index contributed by atoms with van der Waals surface area (Å²) in [7, 11) is 0. The average Bonchev–Trinajstić information content (AvgIpc) is 2.47. The van der Waals surface area contributed by atoms with E-state index in [0.29, 0.717) is 6.04 Å². The van der Waals surface area contributed by atoms with E-state index in [0.717, 1.165) is 17.8 Å². The van der Waals surface area contributed by atoms with Gasteiger partial charge in [0.1, 0.15) is 0 Å². The molecule has 4 nitrogen and oxygen atoms in total. The molecule has 1 heterocycles. The molecule has 1 aromatic carbocycles. The molecule has 0 aromatic heterocycles. The molecule has 1 atom stereocenters. The van der Waals surface area contributed by atoms with Crippen LogP contribution in [0.4, 0.5) is 11.4 Å². The third-order valence-electron chi connectivity index (χ3n) is 4.05. The Hall–Kier alpha value is -0.850. The topological polar surface area (TPSA) is 46.4 Å². The highest BCUT2D eigenvalue weighted by Gasteiger charge is 2.41. The molecule has 2 rings (SSSR count). The van der Waals surface area contributed by atoms with Crippen molar-refractivity contribution in [2.24, 2.45) is 0 Å². The Kier molecular flexibility index (Phi) is 4.25. The highest BCUT2D eigenvalue weighted by atomic mass is 127. The van der Waals surface area contributed by atoms with Crippen LogP contribution in [0.25, 0.3) is 0 Å². The number of non-ortho nitro benzene ring substituents is 1. The SMILES string of the molecule is CCN1c2ccc([N+](=O)[O-])cc2C(C)(C)C1C.I. The van der Waals surface area contributed by atoms with Crippen LogP contribution in [-0.2, 0) is 5.41 Å². The number of hydrogen-bond donors (Lipinski definition) is 0. The number of likely N-dealkylation sites (N-methyl/N-ethyl adjacent to an activating group) is 1. The zero-order chi connectivity index (χ0) is 12.8. The van der Waals surface area contributed by atoms with Crippen LogP contribution in [0, 0.1) is 10.1 Å². The fraction of sp³-hybridized carbons (Fsp3) is 0.538. The van der Waals surface area contributed by atoms with Crippen molar-refractivity contribution in [3.63, 3.8) is 0 Å². The first-order valence-corrected chi connectivity index (χ1v) is 5.95. The molecule has 0 bridgehead atoms. The number of rotatable bonds is 2. The van der Waals surface area contributed by atoms with Crippen LogP contribution in [-0.4, -0.2) is 17.5 Å². The van der Waals surface area contributed by atoms with Gasteiger partial charge >= 0.3 is 0 Å². The predicted octanol–water partition coefficient (Wildman–Crippen LogP) is 3.72. The second-order valence-electron chi connectivity index (χ2n) is 5.14. The third kappa shape index (κ3) is 2.08. The standard InChI is InChI=1S/C13H18N2O2.HI/c1-5-14-9(2)13(3,4)11-8-10(15(16)17)6-7-12(11)14;/h6-9H,5H2,1-4H3;1H.